The van der Waals surface area contributed by atoms with E-state index in [2.05, 4.69) is 4.98 Å². The summed E-state index contributed by atoms with van der Waals surface area (Å²) in [5.41, 5.74) is 1.74. The van der Waals surface area contributed by atoms with Crippen LogP contribution in [0.5, 0.6) is 0 Å². The van der Waals surface area contributed by atoms with Crippen molar-refractivity contribution in [3.63, 3.8) is 0 Å². The van der Waals surface area contributed by atoms with E-state index >= 15 is 0 Å². The van der Waals surface area contributed by atoms with Crippen molar-refractivity contribution in [2.75, 3.05) is 6.61 Å². The lowest BCUT2D eigenvalue weighted by atomic mass is 10.1. The highest BCUT2D eigenvalue weighted by atomic mass is 16.5. The molecule has 0 spiro atoms. The van der Waals surface area contributed by atoms with Crippen LogP contribution in [0.3, 0.4) is 0 Å². The summed E-state index contributed by atoms with van der Waals surface area (Å²) in [7, 11) is 0. The zero-order valence-electron chi connectivity index (χ0n) is 10.6. The van der Waals surface area contributed by atoms with Gasteiger partial charge in [0.25, 0.3) is 5.76 Å². The smallest absolute Gasteiger partial charge is 0.377 e. The Hall–Kier alpha value is -2.61. The second kappa shape index (κ2) is 5.36. The molecule has 0 saturated heterocycles. The molecule has 2 aromatic rings. The van der Waals surface area contributed by atoms with E-state index in [0.717, 1.165) is 5.56 Å². The van der Waals surface area contributed by atoms with Crippen molar-refractivity contribution in [2.24, 2.45) is 0 Å². The van der Waals surface area contributed by atoms with Gasteiger partial charge in [-0.2, -0.15) is 10.2 Å². The molecule has 96 valence electrons. The van der Waals surface area contributed by atoms with Crippen LogP contribution in [0.2, 0.25) is 0 Å². The number of aromatic nitrogens is 1. The van der Waals surface area contributed by atoms with Crippen LogP contribution in [-0.4, -0.2) is 17.6 Å². The van der Waals surface area contributed by atoms with Crippen LogP contribution in [0, 0.1) is 18.3 Å². The van der Waals surface area contributed by atoms with Crippen LogP contribution in [0.1, 0.15) is 28.7 Å². The predicted molar refractivity (Wildman–Crippen MR) is 67.3 cm³/mol. The molecule has 0 bridgehead atoms. The molecular formula is C14H12N2O3. The van der Waals surface area contributed by atoms with Crippen LogP contribution in [0.4, 0.5) is 0 Å². The number of ether oxygens (including phenoxy) is 1. The van der Waals surface area contributed by atoms with Gasteiger partial charge in [-0.15, -0.1) is 0 Å². The fraction of sp³-hybridized carbons (Fsp3) is 0.214. The van der Waals surface area contributed by atoms with Crippen molar-refractivity contribution in [3.8, 4) is 17.5 Å². The number of hydrogen-bond donors (Lipinski definition) is 0. The Morgan fingerprint density at radius 2 is 2.11 bits per heavy atom. The van der Waals surface area contributed by atoms with Gasteiger partial charge < -0.3 is 9.15 Å². The first-order valence-electron chi connectivity index (χ1n) is 5.80. The van der Waals surface area contributed by atoms with E-state index in [9.17, 15) is 4.79 Å². The third-order valence-electron chi connectivity index (χ3n) is 2.49. The number of hydrogen-bond acceptors (Lipinski definition) is 5. The van der Waals surface area contributed by atoms with Crippen LogP contribution in [0.25, 0.3) is 11.5 Å². The van der Waals surface area contributed by atoms with E-state index in [1.807, 2.05) is 37.3 Å². The first-order valence-corrected chi connectivity index (χ1v) is 5.80. The zero-order valence-corrected chi connectivity index (χ0v) is 10.6. The zero-order chi connectivity index (χ0) is 13.8. The van der Waals surface area contributed by atoms with Crippen molar-refractivity contribution in [1.29, 1.82) is 5.26 Å². The average molecular weight is 256 g/mol. The van der Waals surface area contributed by atoms with E-state index in [-0.39, 0.29) is 24.0 Å². The monoisotopic (exact) mass is 256 g/mol. The molecule has 0 radical (unpaired) electrons. The van der Waals surface area contributed by atoms with Crippen LogP contribution in [0.15, 0.2) is 28.7 Å². The van der Waals surface area contributed by atoms with E-state index in [4.69, 9.17) is 14.4 Å². The number of rotatable bonds is 3. The molecule has 0 aliphatic rings. The molecule has 5 heteroatoms. The van der Waals surface area contributed by atoms with Gasteiger partial charge in [0.05, 0.1) is 6.61 Å². The highest BCUT2D eigenvalue weighted by Crippen LogP contribution is 2.22. The van der Waals surface area contributed by atoms with Gasteiger partial charge in [0.15, 0.2) is 5.69 Å². The van der Waals surface area contributed by atoms with E-state index in [1.165, 1.54) is 0 Å². The van der Waals surface area contributed by atoms with Gasteiger partial charge in [0.2, 0.25) is 5.89 Å². The summed E-state index contributed by atoms with van der Waals surface area (Å²) >= 11 is 0. The summed E-state index contributed by atoms with van der Waals surface area (Å²) < 4.78 is 10.2. The number of oxazole rings is 1. The summed E-state index contributed by atoms with van der Waals surface area (Å²) in [5, 5.41) is 8.96. The number of nitriles is 1. The molecule has 1 aromatic heterocycles. The van der Waals surface area contributed by atoms with E-state index < -0.39 is 5.97 Å². The molecular weight excluding hydrogens is 244 g/mol. The Bertz CT molecular complexity index is 636. The van der Waals surface area contributed by atoms with Crippen molar-refractivity contribution in [1.82, 2.24) is 4.98 Å². The van der Waals surface area contributed by atoms with Crippen LogP contribution < -0.4 is 0 Å². The number of benzene rings is 1. The van der Waals surface area contributed by atoms with Crippen molar-refractivity contribution < 1.29 is 13.9 Å². The summed E-state index contributed by atoms with van der Waals surface area (Å²) in [6.45, 7) is 3.86. The average Bonchev–Trinajstić information content (AvgIpc) is 2.84. The lowest BCUT2D eigenvalue weighted by Gasteiger charge is -1.97. The minimum Gasteiger partial charge on any atom is -0.460 e. The minimum absolute atomic E-state index is 0.0611. The van der Waals surface area contributed by atoms with Gasteiger partial charge in [-0.05, 0) is 26.0 Å². The van der Waals surface area contributed by atoms with Gasteiger partial charge in [-0.25, -0.2) is 4.79 Å². The van der Waals surface area contributed by atoms with Gasteiger partial charge in [0.1, 0.15) is 6.07 Å². The first-order chi connectivity index (χ1) is 9.15. The molecule has 0 aliphatic heterocycles. The first kappa shape index (κ1) is 12.8. The summed E-state index contributed by atoms with van der Waals surface area (Å²) in [6.07, 6.45) is 0. The van der Waals surface area contributed by atoms with Crippen molar-refractivity contribution >= 4 is 5.97 Å². The summed E-state index contributed by atoms with van der Waals surface area (Å²) in [4.78, 5) is 15.6. The second-order valence-corrected chi connectivity index (χ2v) is 3.90. The topological polar surface area (TPSA) is 76.1 Å². The highest BCUT2D eigenvalue weighted by molar-refractivity contribution is 5.89. The molecule has 5 nitrogen and oxygen atoms in total. The normalized spacial score (nSPS) is 9.95. The number of carbonyl (C=O) groups is 1. The Balaban J connectivity index is 2.41. The van der Waals surface area contributed by atoms with E-state index in [1.54, 1.807) is 6.92 Å². The Kier molecular flexibility index (Phi) is 3.62. The number of esters is 1. The Morgan fingerprint density at radius 1 is 1.42 bits per heavy atom. The minimum atomic E-state index is -0.676. The van der Waals surface area contributed by atoms with Gasteiger partial charge in [-0.1, -0.05) is 17.7 Å². The van der Waals surface area contributed by atoms with Crippen molar-refractivity contribution in [2.45, 2.75) is 13.8 Å². The lowest BCUT2D eigenvalue weighted by molar-refractivity contribution is 0.0490. The largest absolute Gasteiger partial charge is 0.460 e. The van der Waals surface area contributed by atoms with Gasteiger partial charge in [0, 0.05) is 5.56 Å². The SMILES string of the molecule is CCOC(=O)c1oc(-c2ccc(C)cc2)nc1C#N. The maximum atomic E-state index is 11.6. The molecule has 0 N–H and O–H groups in total. The summed E-state index contributed by atoms with van der Waals surface area (Å²) in [5.74, 6) is -0.593. The van der Waals surface area contributed by atoms with Gasteiger partial charge >= 0.3 is 5.97 Å². The molecule has 0 saturated carbocycles. The quantitative estimate of drug-likeness (QED) is 0.789. The molecule has 2 rings (SSSR count). The van der Waals surface area contributed by atoms with Gasteiger partial charge in [-0.3, -0.25) is 0 Å². The summed E-state index contributed by atoms with van der Waals surface area (Å²) in [6, 6.07) is 9.26. The second-order valence-electron chi connectivity index (χ2n) is 3.90. The third-order valence-corrected chi connectivity index (χ3v) is 2.49. The number of carbonyl (C=O) groups excluding carboxylic acids is 1. The Labute approximate surface area is 110 Å². The van der Waals surface area contributed by atoms with Crippen LogP contribution >= 0.6 is 0 Å². The fourth-order valence-electron chi connectivity index (χ4n) is 1.55. The molecule has 0 amide bonds. The molecule has 1 aromatic carbocycles. The molecule has 0 fully saturated rings. The molecule has 0 aliphatic carbocycles. The third kappa shape index (κ3) is 2.63. The number of aryl methyl sites for hydroxylation is 1. The molecule has 19 heavy (non-hydrogen) atoms. The van der Waals surface area contributed by atoms with E-state index in [0.29, 0.717) is 5.56 Å². The predicted octanol–water partition coefficient (Wildman–Crippen LogP) is 2.70. The Morgan fingerprint density at radius 3 is 2.68 bits per heavy atom. The molecule has 1 heterocycles. The number of nitrogens with zero attached hydrogens (tertiary/aromatic N) is 2. The van der Waals surface area contributed by atoms with Crippen LogP contribution in [-0.2, 0) is 4.74 Å². The lowest BCUT2D eigenvalue weighted by Crippen LogP contribution is -2.05. The maximum absolute atomic E-state index is 11.6. The molecule has 0 unspecified atom stereocenters. The maximum Gasteiger partial charge on any atom is 0.377 e. The standard InChI is InChI=1S/C14H12N2O3/c1-3-18-14(17)12-11(8-15)16-13(19-12)10-6-4-9(2)5-7-10/h4-7H,3H2,1-2H3. The van der Waals surface area contributed by atoms with Crippen molar-refractivity contribution in [3.05, 3.63) is 41.3 Å². The molecule has 0 atom stereocenters. The fourth-order valence-corrected chi connectivity index (χ4v) is 1.55. The highest BCUT2D eigenvalue weighted by Gasteiger charge is 2.21.